The number of nitrogens with two attached hydrogens (primary N) is 1. The quantitative estimate of drug-likeness (QED) is 0.315. The van der Waals surface area contributed by atoms with E-state index in [4.69, 9.17) is 5.73 Å². The molecule has 1 fully saturated rings. The first-order valence-corrected chi connectivity index (χ1v) is 10.4. The standard InChI is InChI=1S/C21H26N4OS/c22-21(23-18(11-12-26)13-16-7-3-1-4-8-16)27-15-19-14-20(25-24-19)17-9-5-2-6-10-17/h2,5-6,9-12,14,16H,1,3-4,7-8,13,15H2,(H2,22,23)(H,24,25)/b18-11-. The first-order valence-electron chi connectivity index (χ1n) is 9.45. The molecule has 1 heterocycles. The molecule has 1 aliphatic rings. The number of thioether (sulfide) groups is 1. The number of aliphatic imine (C=N–C) groups is 1. The van der Waals surface area contributed by atoms with Crippen molar-refractivity contribution in [2.24, 2.45) is 16.6 Å². The van der Waals surface area contributed by atoms with Crippen LogP contribution in [0.5, 0.6) is 0 Å². The van der Waals surface area contributed by atoms with Gasteiger partial charge in [0.25, 0.3) is 0 Å². The number of nitrogens with one attached hydrogen (secondary N) is 1. The van der Waals surface area contributed by atoms with E-state index in [1.54, 1.807) is 6.08 Å². The molecule has 6 heteroatoms. The molecule has 0 atom stereocenters. The Labute approximate surface area is 164 Å². The van der Waals surface area contributed by atoms with Crippen molar-refractivity contribution in [1.82, 2.24) is 10.2 Å². The number of benzene rings is 1. The van der Waals surface area contributed by atoms with E-state index in [1.165, 1.54) is 43.9 Å². The van der Waals surface area contributed by atoms with Gasteiger partial charge in [-0.1, -0.05) is 74.2 Å². The van der Waals surface area contributed by atoms with Crippen LogP contribution in [0, 0.1) is 5.92 Å². The van der Waals surface area contributed by atoms with Crippen LogP contribution in [0.4, 0.5) is 0 Å². The lowest BCUT2D eigenvalue weighted by atomic mass is 9.86. The SMILES string of the molecule is NC(=N/C(=C\C=O)CC1CCCCC1)SCc1cc(-c2ccccc2)n[nH]1. The number of hydrogen-bond donors (Lipinski definition) is 2. The summed E-state index contributed by atoms with van der Waals surface area (Å²) < 4.78 is 0. The fourth-order valence-corrected chi connectivity index (χ4v) is 4.07. The Morgan fingerprint density at radius 1 is 1.26 bits per heavy atom. The van der Waals surface area contributed by atoms with Crippen LogP contribution in [-0.4, -0.2) is 21.7 Å². The number of aldehydes is 1. The molecule has 3 N–H and O–H groups in total. The zero-order chi connectivity index (χ0) is 18.9. The molecule has 0 amide bonds. The maximum absolute atomic E-state index is 10.9. The van der Waals surface area contributed by atoms with Gasteiger partial charge in [-0.25, -0.2) is 4.99 Å². The Kier molecular flexibility index (Phi) is 7.27. The van der Waals surface area contributed by atoms with Crippen molar-refractivity contribution >= 4 is 23.2 Å². The Morgan fingerprint density at radius 3 is 2.78 bits per heavy atom. The molecular weight excluding hydrogens is 356 g/mol. The van der Waals surface area contributed by atoms with E-state index in [0.29, 0.717) is 16.8 Å². The number of nitrogens with zero attached hydrogens (tertiary/aromatic N) is 2. The average Bonchev–Trinajstić information content (AvgIpc) is 3.17. The predicted molar refractivity (Wildman–Crippen MR) is 112 cm³/mol. The highest BCUT2D eigenvalue weighted by atomic mass is 32.2. The molecule has 27 heavy (non-hydrogen) atoms. The summed E-state index contributed by atoms with van der Waals surface area (Å²) in [5.41, 5.74) is 9.87. The van der Waals surface area contributed by atoms with Crippen LogP contribution in [0.1, 0.15) is 44.2 Å². The van der Waals surface area contributed by atoms with Crippen LogP contribution in [0.15, 0.2) is 53.2 Å². The number of aromatic nitrogens is 2. The molecule has 1 saturated carbocycles. The molecule has 1 aromatic carbocycles. The highest BCUT2D eigenvalue weighted by Crippen LogP contribution is 2.29. The van der Waals surface area contributed by atoms with Crippen molar-refractivity contribution in [1.29, 1.82) is 0 Å². The van der Waals surface area contributed by atoms with Gasteiger partial charge in [-0.3, -0.25) is 9.89 Å². The number of carbonyl (C=O) groups is 1. The van der Waals surface area contributed by atoms with Gasteiger partial charge in [-0.05, 0) is 24.5 Å². The Hall–Kier alpha value is -2.34. The van der Waals surface area contributed by atoms with Crippen molar-refractivity contribution in [3.05, 3.63) is 53.9 Å². The third kappa shape index (κ3) is 6.10. The fourth-order valence-electron chi connectivity index (χ4n) is 3.43. The van der Waals surface area contributed by atoms with Gasteiger partial charge in [0.2, 0.25) is 0 Å². The minimum Gasteiger partial charge on any atom is -0.378 e. The molecule has 0 saturated heterocycles. The largest absolute Gasteiger partial charge is 0.378 e. The van der Waals surface area contributed by atoms with E-state index in [2.05, 4.69) is 15.2 Å². The van der Waals surface area contributed by atoms with E-state index in [1.807, 2.05) is 36.4 Å². The average molecular weight is 383 g/mol. The summed E-state index contributed by atoms with van der Waals surface area (Å²) in [5.74, 6) is 1.28. The van der Waals surface area contributed by atoms with Gasteiger partial charge in [-0.15, -0.1) is 0 Å². The van der Waals surface area contributed by atoms with E-state index in [-0.39, 0.29) is 0 Å². The van der Waals surface area contributed by atoms with Gasteiger partial charge in [0.1, 0.15) is 6.29 Å². The highest BCUT2D eigenvalue weighted by molar-refractivity contribution is 8.13. The number of aromatic amines is 1. The molecule has 1 aromatic heterocycles. The van der Waals surface area contributed by atoms with Gasteiger partial charge in [0.05, 0.1) is 5.69 Å². The molecule has 1 aliphatic carbocycles. The normalized spacial score (nSPS) is 16.4. The third-order valence-corrected chi connectivity index (χ3v) is 5.66. The topological polar surface area (TPSA) is 84.1 Å². The summed E-state index contributed by atoms with van der Waals surface area (Å²) in [6, 6.07) is 12.1. The Bertz CT molecular complexity index is 792. The molecule has 142 valence electrons. The van der Waals surface area contributed by atoms with E-state index < -0.39 is 0 Å². The van der Waals surface area contributed by atoms with Crippen LogP contribution >= 0.6 is 11.8 Å². The van der Waals surface area contributed by atoms with Gasteiger partial charge < -0.3 is 5.73 Å². The van der Waals surface area contributed by atoms with Crippen molar-refractivity contribution in [2.45, 2.75) is 44.3 Å². The molecular formula is C21H26N4OS. The second-order valence-electron chi connectivity index (χ2n) is 6.89. The first-order chi connectivity index (χ1) is 13.2. The van der Waals surface area contributed by atoms with Gasteiger partial charge in [0.15, 0.2) is 5.17 Å². The minimum absolute atomic E-state index is 0.481. The van der Waals surface area contributed by atoms with Gasteiger partial charge in [0, 0.05) is 22.7 Å². The predicted octanol–water partition coefficient (Wildman–Crippen LogP) is 4.68. The zero-order valence-electron chi connectivity index (χ0n) is 15.4. The Balaban J connectivity index is 1.56. The summed E-state index contributed by atoms with van der Waals surface area (Å²) in [6.45, 7) is 0. The Morgan fingerprint density at radius 2 is 2.04 bits per heavy atom. The number of hydrogen-bond acceptors (Lipinski definition) is 4. The molecule has 3 rings (SSSR count). The number of amidine groups is 1. The number of carbonyl (C=O) groups excluding carboxylic acids is 1. The molecule has 0 spiro atoms. The van der Waals surface area contributed by atoms with Gasteiger partial charge in [-0.2, -0.15) is 5.10 Å². The summed E-state index contributed by atoms with van der Waals surface area (Å²) in [4.78, 5) is 15.4. The monoisotopic (exact) mass is 382 g/mol. The smallest absolute Gasteiger partial charge is 0.159 e. The van der Waals surface area contributed by atoms with Crippen LogP contribution in [0.2, 0.25) is 0 Å². The van der Waals surface area contributed by atoms with Crippen LogP contribution in [-0.2, 0) is 10.5 Å². The maximum Gasteiger partial charge on any atom is 0.159 e. The highest BCUT2D eigenvalue weighted by Gasteiger charge is 2.15. The number of rotatable bonds is 7. The van der Waals surface area contributed by atoms with Crippen LogP contribution in [0.25, 0.3) is 11.3 Å². The molecule has 0 bridgehead atoms. The lowest BCUT2D eigenvalue weighted by molar-refractivity contribution is -0.104. The van der Waals surface area contributed by atoms with Crippen molar-refractivity contribution in [2.75, 3.05) is 0 Å². The van der Waals surface area contributed by atoms with Crippen LogP contribution < -0.4 is 5.73 Å². The van der Waals surface area contributed by atoms with Crippen molar-refractivity contribution in [3.63, 3.8) is 0 Å². The molecule has 0 aliphatic heterocycles. The fraction of sp³-hybridized carbons (Fsp3) is 0.381. The number of allylic oxidation sites excluding steroid dienone is 2. The zero-order valence-corrected chi connectivity index (χ0v) is 16.3. The second-order valence-corrected chi connectivity index (χ2v) is 7.88. The molecule has 0 unspecified atom stereocenters. The van der Waals surface area contributed by atoms with Gasteiger partial charge >= 0.3 is 0 Å². The van der Waals surface area contributed by atoms with Crippen LogP contribution in [0.3, 0.4) is 0 Å². The second kappa shape index (κ2) is 10.1. The summed E-state index contributed by atoms with van der Waals surface area (Å²) in [5, 5.41) is 7.89. The third-order valence-electron chi connectivity index (χ3n) is 4.81. The van der Waals surface area contributed by atoms with E-state index in [9.17, 15) is 4.79 Å². The maximum atomic E-state index is 10.9. The lowest BCUT2D eigenvalue weighted by Crippen LogP contribution is -2.10. The molecule has 5 nitrogen and oxygen atoms in total. The molecule has 2 aromatic rings. The molecule has 0 radical (unpaired) electrons. The van der Waals surface area contributed by atoms with Crippen molar-refractivity contribution < 1.29 is 4.79 Å². The van der Waals surface area contributed by atoms with E-state index in [0.717, 1.165) is 35.4 Å². The summed E-state index contributed by atoms with van der Waals surface area (Å²) in [7, 11) is 0. The lowest BCUT2D eigenvalue weighted by Gasteiger charge is -2.21. The van der Waals surface area contributed by atoms with E-state index >= 15 is 0 Å². The minimum atomic E-state index is 0.481. The summed E-state index contributed by atoms with van der Waals surface area (Å²) >= 11 is 1.45. The number of H-pyrrole nitrogens is 1. The summed E-state index contributed by atoms with van der Waals surface area (Å²) in [6.07, 6.45) is 9.49. The first kappa shape index (κ1) is 19.4. The van der Waals surface area contributed by atoms with Crippen molar-refractivity contribution in [3.8, 4) is 11.3 Å².